The van der Waals surface area contributed by atoms with E-state index in [0.29, 0.717) is 16.5 Å². The SMILES string of the molecule is COc1cc(OC)nc([Se]c2c(C(=O)O)ccc(C)c2C)n1. The first-order valence-electron chi connectivity index (χ1n) is 6.44. The normalized spacial score (nSPS) is 10.4. The third kappa shape index (κ3) is 3.37. The van der Waals surface area contributed by atoms with E-state index in [0.717, 1.165) is 15.6 Å². The number of aryl methyl sites for hydroxylation is 1. The molecule has 2 aromatic rings. The molecule has 2 rings (SSSR count). The van der Waals surface area contributed by atoms with Gasteiger partial charge in [-0.05, 0) is 0 Å². The first-order valence-corrected chi connectivity index (χ1v) is 8.16. The second-order valence-electron chi connectivity index (χ2n) is 4.53. The molecule has 0 saturated carbocycles. The van der Waals surface area contributed by atoms with Crippen molar-refractivity contribution in [2.24, 2.45) is 0 Å². The number of hydrogen-bond donors (Lipinski definition) is 1. The summed E-state index contributed by atoms with van der Waals surface area (Å²) < 4.78 is 11.5. The van der Waals surface area contributed by atoms with Crippen LogP contribution in [0, 0.1) is 13.8 Å². The van der Waals surface area contributed by atoms with E-state index in [2.05, 4.69) is 9.97 Å². The number of ether oxygens (including phenoxy) is 2. The van der Waals surface area contributed by atoms with E-state index in [4.69, 9.17) is 9.47 Å². The van der Waals surface area contributed by atoms with Crippen molar-refractivity contribution in [3.05, 3.63) is 34.9 Å². The molecule has 6 nitrogen and oxygen atoms in total. The van der Waals surface area contributed by atoms with E-state index in [1.165, 1.54) is 14.2 Å². The monoisotopic (exact) mass is 368 g/mol. The molecule has 0 aliphatic heterocycles. The molecule has 22 heavy (non-hydrogen) atoms. The molecular weight excluding hydrogens is 351 g/mol. The van der Waals surface area contributed by atoms with Gasteiger partial charge in [0.15, 0.2) is 0 Å². The Labute approximate surface area is 134 Å². The third-order valence-electron chi connectivity index (χ3n) is 3.18. The number of methoxy groups -OCH3 is 2. The van der Waals surface area contributed by atoms with Crippen molar-refractivity contribution in [2.75, 3.05) is 14.2 Å². The van der Waals surface area contributed by atoms with Crippen LogP contribution in [0.3, 0.4) is 0 Å². The number of carboxylic acid groups (broad SMARTS) is 1. The van der Waals surface area contributed by atoms with E-state index >= 15 is 0 Å². The van der Waals surface area contributed by atoms with Gasteiger partial charge in [0, 0.05) is 0 Å². The summed E-state index contributed by atoms with van der Waals surface area (Å²) in [5.74, 6) is -0.161. The van der Waals surface area contributed by atoms with Crippen LogP contribution in [0.15, 0.2) is 18.2 Å². The summed E-state index contributed by atoms with van der Waals surface area (Å²) in [4.78, 5) is 20.0. The molecule has 1 aromatic heterocycles. The van der Waals surface area contributed by atoms with Gasteiger partial charge in [-0.1, -0.05) is 0 Å². The van der Waals surface area contributed by atoms with Crippen molar-refractivity contribution in [1.82, 2.24) is 9.97 Å². The van der Waals surface area contributed by atoms with Crippen LogP contribution in [0.4, 0.5) is 0 Å². The second-order valence-corrected chi connectivity index (χ2v) is 6.58. The molecule has 0 amide bonds. The predicted octanol–water partition coefficient (Wildman–Crippen LogP) is 0.464. The van der Waals surface area contributed by atoms with Crippen molar-refractivity contribution in [1.29, 1.82) is 0 Å². The summed E-state index contributed by atoms with van der Waals surface area (Å²) in [7, 11) is 3.03. The number of rotatable bonds is 5. The summed E-state index contributed by atoms with van der Waals surface area (Å²) in [6, 6.07) is 5.02. The maximum atomic E-state index is 11.4. The minimum absolute atomic E-state index is 0.286. The van der Waals surface area contributed by atoms with Crippen LogP contribution >= 0.6 is 0 Å². The number of aromatic carboxylic acids is 1. The van der Waals surface area contributed by atoms with Gasteiger partial charge in [-0.2, -0.15) is 0 Å². The zero-order valence-corrected chi connectivity index (χ0v) is 14.4. The van der Waals surface area contributed by atoms with Crippen LogP contribution in [0.2, 0.25) is 0 Å². The molecule has 1 N–H and O–H groups in total. The molecule has 0 unspecified atom stereocenters. The van der Waals surface area contributed by atoms with Crippen LogP contribution in [-0.2, 0) is 0 Å². The number of carbonyl (C=O) groups is 1. The Balaban J connectivity index is 2.51. The van der Waals surface area contributed by atoms with Crippen LogP contribution in [0.1, 0.15) is 21.5 Å². The summed E-state index contributed by atoms with van der Waals surface area (Å²) in [6.45, 7) is 3.86. The van der Waals surface area contributed by atoms with Crippen molar-refractivity contribution in [2.45, 2.75) is 13.8 Å². The molecule has 1 aromatic carbocycles. The molecule has 0 radical (unpaired) electrons. The van der Waals surface area contributed by atoms with Crippen molar-refractivity contribution in [3.63, 3.8) is 0 Å². The first-order chi connectivity index (χ1) is 10.5. The van der Waals surface area contributed by atoms with Crippen LogP contribution in [-0.4, -0.2) is 50.2 Å². The fourth-order valence-corrected chi connectivity index (χ4v) is 3.99. The van der Waals surface area contributed by atoms with Crippen molar-refractivity contribution >= 4 is 30.1 Å². The summed E-state index contributed by atoms with van der Waals surface area (Å²) in [5, 5.41) is 9.38. The molecule has 7 heteroatoms. The number of hydrogen-bond acceptors (Lipinski definition) is 5. The van der Waals surface area contributed by atoms with E-state index in [-0.39, 0.29) is 20.5 Å². The fourth-order valence-electron chi connectivity index (χ4n) is 1.82. The van der Waals surface area contributed by atoms with E-state index in [1.807, 2.05) is 19.9 Å². The molecule has 0 aliphatic rings. The summed E-state index contributed by atoms with van der Waals surface area (Å²) in [5.41, 5.74) is 2.27. The van der Waals surface area contributed by atoms with Gasteiger partial charge in [-0.3, -0.25) is 0 Å². The van der Waals surface area contributed by atoms with E-state index in [1.54, 1.807) is 12.1 Å². The van der Waals surface area contributed by atoms with Gasteiger partial charge in [0.2, 0.25) is 0 Å². The Morgan fingerprint density at radius 3 is 2.23 bits per heavy atom. The molecular formula is C15H16N2O4Se. The molecule has 0 bridgehead atoms. The summed E-state index contributed by atoms with van der Waals surface area (Å²) >= 11 is -0.369. The van der Waals surface area contributed by atoms with Gasteiger partial charge in [0.1, 0.15) is 0 Å². The van der Waals surface area contributed by atoms with Crippen LogP contribution in [0.25, 0.3) is 0 Å². The zero-order valence-electron chi connectivity index (χ0n) is 12.7. The third-order valence-corrected chi connectivity index (χ3v) is 5.48. The van der Waals surface area contributed by atoms with Gasteiger partial charge < -0.3 is 0 Å². The molecule has 0 spiro atoms. The minimum atomic E-state index is -0.949. The number of nitrogens with zero attached hydrogens (tertiary/aromatic N) is 2. The van der Waals surface area contributed by atoms with Gasteiger partial charge in [-0.15, -0.1) is 0 Å². The Hall–Kier alpha value is -2.11. The van der Waals surface area contributed by atoms with Gasteiger partial charge in [0.25, 0.3) is 0 Å². The van der Waals surface area contributed by atoms with Crippen LogP contribution in [0.5, 0.6) is 11.8 Å². The Kier molecular flexibility index (Phi) is 5.00. The zero-order chi connectivity index (χ0) is 16.3. The molecule has 1 heterocycles. The van der Waals surface area contributed by atoms with Crippen molar-refractivity contribution < 1.29 is 19.4 Å². The van der Waals surface area contributed by atoms with Gasteiger partial charge in [-0.25, -0.2) is 0 Å². The first kappa shape index (κ1) is 16.3. The average molecular weight is 367 g/mol. The molecule has 116 valence electrons. The fraction of sp³-hybridized carbons (Fsp3) is 0.267. The Morgan fingerprint density at radius 2 is 1.73 bits per heavy atom. The van der Waals surface area contributed by atoms with Crippen LogP contribution < -0.4 is 18.7 Å². The molecule has 0 saturated heterocycles. The van der Waals surface area contributed by atoms with Crippen molar-refractivity contribution in [3.8, 4) is 11.8 Å². The van der Waals surface area contributed by atoms with E-state index < -0.39 is 5.97 Å². The topological polar surface area (TPSA) is 81.5 Å². The molecule has 0 aliphatic carbocycles. The second kappa shape index (κ2) is 6.77. The number of aromatic nitrogens is 2. The average Bonchev–Trinajstić information content (AvgIpc) is 2.51. The number of benzene rings is 1. The van der Waals surface area contributed by atoms with Gasteiger partial charge >= 0.3 is 134 Å². The number of carboxylic acids is 1. The quantitative estimate of drug-likeness (QED) is 0.774. The predicted molar refractivity (Wildman–Crippen MR) is 83.0 cm³/mol. The standard InChI is InChI=1S/C15H16N2O4Se/c1-8-5-6-10(14(18)19)13(9(8)2)22-15-16-11(20-3)7-12(17-15)21-4/h5-7H,1-4H3,(H,18,19). The summed E-state index contributed by atoms with van der Waals surface area (Å²) in [6.07, 6.45) is 0. The Morgan fingerprint density at radius 1 is 1.14 bits per heavy atom. The Bertz CT molecular complexity index is 697. The molecule has 0 atom stereocenters. The van der Waals surface area contributed by atoms with E-state index in [9.17, 15) is 9.90 Å². The van der Waals surface area contributed by atoms with Gasteiger partial charge in [0.05, 0.1) is 0 Å². The molecule has 0 fully saturated rings. The maximum absolute atomic E-state index is 11.4.